The van der Waals surface area contributed by atoms with Crippen molar-refractivity contribution in [3.63, 3.8) is 0 Å². The number of fused-ring (bicyclic) bond motifs is 3. The van der Waals surface area contributed by atoms with Crippen molar-refractivity contribution in [2.45, 2.75) is 118 Å². The van der Waals surface area contributed by atoms with Crippen molar-refractivity contribution in [3.8, 4) is 0 Å². The Balaban J connectivity index is 1.39. The number of likely N-dealkylation sites (N-methyl/N-ethyl adjacent to an activating group) is 1. The maximum absolute atomic E-state index is 13.6. The molecule has 2 saturated heterocycles. The number of carbonyl (C=O) groups excluding carboxylic acids is 1. The van der Waals surface area contributed by atoms with Crippen molar-refractivity contribution in [1.82, 2.24) is 25.4 Å². The van der Waals surface area contributed by atoms with Crippen LogP contribution in [0.3, 0.4) is 0 Å². The lowest BCUT2D eigenvalue weighted by Gasteiger charge is -2.71. The number of nitrogens with one attached hydrogen (secondary N) is 2. The molecule has 2 aliphatic heterocycles. The predicted molar refractivity (Wildman–Crippen MR) is 204 cm³/mol. The summed E-state index contributed by atoms with van der Waals surface area (Å²) in [5, 5.41) is 22.4. The number of carboxylic acid groups (broad SMARTS) is 1. The Morgan fingerprint density at radius 2 is 1.79 bits per heavy atom. The summed E-state index contributed by atoms with van der Waals surface area (Å²) in [4.78, 5) is 31.4. The fourth-order valence-corrected chi connectivity index (χ4v) is 14.6. The van der Waals surface area contributed by atoms with Gasteiger partial charge >= 0.3 is 5.97 Å². The fraction of sp³-hybridized carbons (Fsp3) is 0.854. The highest BCUT2D eigenvalue weighted by Crippen LogP contribution is 2.75. The molecule has 10 nitrogen and oxygen atoms in total. The minimum Gasteiger partial charge on any atom is -0.481 e. The van der Waals surface area contributed by atoms with E-state index in [9.17, 15) is 14.7 Å². The monoisotopic (exact) mass is 739 g/mol. The number of rotatable bonds is 9. The molecule has 11 heteroatoms. The minimum atomic E-state index is -0.643. The fourth-order valence-electron chi connectivity index (χ4n) is 13.3. The Hall–Kier alpha value is -1.95. The number of amides is 1. The Bertz CT molecular complexity index is 1580. The summed E-state index contributed by atoms with van der Waals surface area (Å²) in [5.74, 6) is 2.39. The zero-order chi connectivity index (χ0) is 37.5. The van der Waals surface area contributed by atoms with Gasteiger partial charge in [-0.3, -0.25) is 9.59 Å². The lowest BCUT2D eigenvalue weighted by Crippen LogP contribution is -2.70. The predicted octanol–water partition coefficient (Wildman–Crippen LogP) is 6.64. The number of nitrogens with zero attached hydrogens (tertiary/aromatic N) is 3. The molecule has 1 aromatic rings. The SMILES string of the molecule is CNC(=O)c1ncnn1[C@@H]1C[C@]2(C)COC[C@@]3(C4=CC[C@@]5(C)[C@H](C(=O)O)[C@@](C)([C@H](C)C(C)C)CC[C@]5(C)[C@H]4CC[C@H]23)[C@H]1OCC1(NC)CCSCC1. The van der Waals surface area contributed by atoms with E-state index in [0.29, 0.717) is 37.5 Å². The third kappa shape index (κ3) is 5.35. The molecule has 1 aromatic heterocycles. The summed E-state index contributed by atoms with van der Waals surface area (Å²) in [6.07, 6.45) is 11.3. The maximum Gasteiger partial charge on any atom is 0.307 e. The van der Waals surface area contributed by atoms with Gasteiger partial charge < -0.3 is 25.2 Å². The van der Waals surface area contributed by atoms with Gasteiger partial charge in [-0.1, -0.05) is 60.1 Å². The van der Waals surface area contributed by atoms with Gasteiger partial charge in [-0.05, 0) is 115 Å². The summed E-state index contributed by atoms with van der Waals surface area (Å²) in [6.45, 7) is 18.0. The van der Waals surface area contributed by atoms with E-state index in [-0.39, 0.29) is 51.7 Å². The number of hydrogen-bond acceptors (Lipinski definition) is 8. The molecule has 0 aromatic carbocycles. The third-order valence-corrected chi connectivity index (χ3v) is 17.8. The molecule has 290 valence electrons. The highest BCUT2D eigenvalue weighted by atomic mass is 32.2. The van der Waals surface area contributed by atoms with Crippen LogP contribution in [-0.4, -0.2) is 88.8 Å². The summed E-state index contributed by atoms with van der Waals surface area (Å²) in [6, 6.07) is -0.221. The van der Waals surface area contributed by atoms with Gasteiger partial charge in [0.25, 0.3) is 5.91 Å². The molecule has 1 amide bonds. The summed E-state index contributed by atoms with van der Waals surface area (Å²) in [7, 11) is 3.71. The Morgan fingerprint density at radius 3 is 2.44 bits per heavy atom. The first kappa shape index (κ1) is 38.3. The molecule has 6 aliphatic rings. The van der Waals surface area contributed by atoms with Gasteiger partial charge in [-0.2, -0.15) is 16.9 Å². The molecule has 3 heterocycles. The average molecular weight is 740 g/mol. The van der Waals surface area contributed by atoms with E-state index < -0.39 is 22.7 Å². The molecule has 0 unspecified atom stereocenters. The second kappa shape index (κ2) is 13.4. The van der Waals surface area contributed by atoms with Crippen molar-refractivity contribution in [3.05, 3.63) is 23.8 Å². The Morgan fingerprint density at radius 1 is 1.06 bits per heavy atom. The van der Waals surface area contributed by atoms with Gasteiger partial charge in [0.2, 0.25) is 5.82 Å². The lowest BCUT2D eigenvalue weighted by molar-refractivity contribution is -0.254. The number of allylic oxidation sites excluding steroid dienone is 1. The van der Waals surface area contributed by atoms with Gasteiger partial charge in [0.05, 0.1) is 37.9 Å². The van der Waals surface area contributed by atoms with E-state index in [1.807, 2.05) is 16.4 Å². The molecule has 7 rings (SSSR count). The van der Waals surface area contributed by atoms with Gasteiger partial charge in [0.15, 0.2) is 0 Å². The zero-order valence-electron chi connectivity index (χ0n) is 33.2. The molecule has 5 fully saturated rings. The normalized spacial score (nSPS) is 43.0. The van der Waals surface area contributed by atoms with Crippen LogP contribution in [0.1, 0.15) is 116 Å². The first-order valence-electron chi connectivity index (χ1n) is 20.1. The van der Waals surface area contributed by atoms with E-state index >= 15 is 0 Å². The number of thioether (sulfide) groups is 1. The zero-order valence-corrected chi connectivity index (χ0v) is 34.0. The Labute approximate surface area is 315 Å². The molecule has 3 N–H and O–H groups in total. The van der Waals surface area contributed by atoms with Crippen LogP contribution in [0.2, 0.25) is 0 Å². The van der Waals surface area contributed by atoms with Crippen LogP contribution in [0.25, 0.3) is 0 Å². The number of aliphatic carboxylic acids is 1. The average Bonchev–Trinajstić information content (AvgIpc) is 3.61. The van der Waals surface area contributed by atoms with Crippen molar-refractivity contribution < 1.29 is 24.2 Å². The highest BCUT2D eigenvalue weighted by Gasteiger charge is 2.73. The molecule has 0 spiro atoms. The van der Waals surface area contributed by atoms with Gasteiger partial charge in [0.1, 0.15) is 6.33 Å². The van der Waals surface area contributed by atoms with Crippen LogP contribution < -0.4 is 10.6 Å². The van der Waals surface area contributed by atoms with Crippen molar-refractivity contribution >= 4 is 23.6 Å². The molecular weight excluding hydrogens is 675 g/mol. The van der Waals surface area contributed by atoms with Gasteiger partial charge in [0, 0.05) is 18.0 Å². The standard InChI is InChI=1S/C41H65N5O5S/c1-25(2)26(3)37(5)14-15-38(6)27-10-11-30-36(4)20-29(46-33(34(47)42-8)44-24-45-46)32(51-22-40(43-9)16-18-52-19-17-40)41(30,23-50-21-36)28(27)12-13-39(38,7)31(37)35(48)49/h12,24-27,29-32,43H,10-11,13-23H2,1-9H3,(H,42,47)(H,48,49)/t26-,27+,29-,30-,31-,32+,36-,37-,38-,39+,41+/m1/s1. The van der Waals surface area contributed by atoms with Crippen LogP contribution in [0.5, 0.6) is 0 Å². The van der Waals surface area contributed by atoms with Crippen LogP contribution in [0.15, 0.2) is 18.0 Å². The van der Waals surface area contributed by atoms with E-state index in [4.69, 9.17) is 14.6 Å². The number of carboxylic acids is 1. The molecule has 52 heavy (non-hydrogen) atoms. The second-order valence-electron chi connectivity index (χ2n) is 19.1. The van der Waals surface area contributed by atoms with Crippen LogP contribution in [0.4, 0.5) is 0 Å². The smallest absolute Gasteiger partial charge is 0.307 e. The van der Waals surface area contributed by atoms with Crippen molar-refractivity contribution in [1.29, 1.82) is 0 Å². The van der Waals surface area contributed by atoms with Crippen LogP contribution in [-0.2, 0) is 14.3 Å². The second-order valence-corrected chi connectivity index (χ2v) is 20.4. The maximum atomic E-state index is 13.6. The number of carbonyl (C=O) groups is 2. The van der Waals surface area contributed by atoms with Crippen LogP contribution in [0, 0.1) is 56.7 Å². The van der Waals surface area contributed by atoms with E-state index in [2.05, 4.69) is 77.2 Å². The highest BCUT2D eigenvalue weighted by molar-refractivity contribution is 7.99. The molecule has 0 radical (unpaired) electrons. The van der Waals surface area contributed by atoms with E-state index in [1.165, 1.54) is 11.9 Å². The van der Waals surface area contributed by atoms with Crippen molar-refractivity contribution in [2.24, 2.45) is 56.7 Å². The quantitative estimate of drug-likeness (QED) is 0.239. The first-order chi connectivity index (χ1) is 24.6. The number of ether oxygens (including phenoxy) is 2. The van der Waals surface area contributed by atoms with Crippen LogP contribution >= 0.6 is 11.8 Å². The lowest BCUT2D eigenvalue weighted by atomic mass is 9.34. The van der Waals surface area contributed by atoms with E-state index in [0.717, 1.165) is 62.9 Å². The molecule has 2 bridgehead atoms. The Kier molecular flexibility index (Phi) is 9.85. The summed E-state index contributed by atoms with van der Waals surface area (Å²) >= 11 is 2.01. The number of hydrogen-bond donors (Lipinski definition) is 3. The molecule has 4 aliphatic carbocycles. The molecular formula is C41H65N5O5S. The third-order valence-electron chi connectivity index (χ3n) is 16.8. The number of aromatic nitrogens is 3. The van der Waals surface area contributed by atoms with Gasteiger partial charge in [-0.15, -0.1) is 0 Å². The minimum absolute atomic E-state index is 0.126. The first-order valence-corrected chi connectivity index (χ1v) is 21.2. The molecule has 11 atom stereocenters. The summed E-state index contributed by atoms with van der Waals surface area (Å²) in [5.41, 5.74) is -0.234. The topological polar surface area (TPSA) is 128 Å². The molecule has 3 saturated carbocycles. The summed E-state index contributed by atoms with van der Waals surface area (Å²) < 4.78 is 16.1. The van der Waals surface area contributed by atoms with Crippen molar-refractivity contribution in [2.75, 3.05) is 45.4 Å². The van der Waals surface area contributed by atoms with Gasteiger partial charge in [-0.25, -0.2) is 9.67 Å². The van der Waals surface area contributed by atoms with E-state index in [1.54, 1.807) is 7.05 Å². The largest absolute Gasteiger partial charge is 0.481 e.